The standard InChI is InChI=1S/C25H24BrN3O4/c1-3-32-23-14-18(6-13-22(23)33-25(31)19-7-9-20(26)10-8-19)15-28-29-24(30)16-27-21-11-4-17(2)5-12-21/h4-15,27H,3,16H2,1-2H3,(H,29,30). The molecule has 0 aliphatic heterocycles. The van der Waals surface area contributed by atoms with Crippen LogP contribution in [0.3, 0.4) is 0 Å². The predicted molar refractivity (Wildman–Crippen MR) is 132 cm³/mol. The Balaban J connectivity index is 1.58. The second-order valence-electron chi connectivity index (χ2n) is 7.05. The molecular weight excluding hydrogens is 486 g/mol. The number of halogens is 1. The van der Waals surface area contributed by atoms with Gasteiger partial charge in [-0.05, 0) is 74.0 Å². The zero-order chi connectivity index (χ0) is 23.6. The third-order valence-electron chi connectivity index (χ3n) is 4.46. The number of rotatable bonds is 9. The van der Waals surface area contributed by atoms with Crippen molar-refractivity contribution in [1.29, 1.82) is 0 Å². The van der Waals surface area contributed by atoms with E-state index in [9.17, 15) is 9.59 Å². The number of carbonyl (C=O) groups excluding carboxylic acids is 2. The highest BCUT2D eigenvalue weighted by Gasteiger charge is 2.13. The molecule has 0 bridgehead atoms. The van der Waals surface area contributed by atoms with Gasteiger partial charge in [-0.3, -0.25) is 4.79 Å². The van der Waals surface area contributed by atoms with Crippen LogP contribution in [-0.4, -0.2) is 31.2 Å². The lowest BCUT2D eigenvalue weighted by Crippen LogP contribution is -2.25. The molecule has 1 amide bonds. The average molecular weight is 510 g/mol. The lowest BCUT2D eigenvalue weighted by molar-refractivity contribution is -0.119. The monoisotopic (exact) mass is 509 g/mol. The van der Waals surface area contributed by atoms with Gasteiger partial charge in [-0.25, -0.2) is 10.2 Å². The van der Waals surface area contributed by atoms with Crippen LogP contribution in [0.5, 0.6) is 11.5 Å². The van der Waals surface area contributed by atoms with Crippen LogP contribution in [0.4, 0.5) is 5.69 Å². The molecule has 170 valence electrons. The molecule has 0 aliphatic carbocycles. The maximum absolute atomic E-state index is 12.4. The number of benzene rings is 3. The molecule has 3 aromatic carbocycles. The number of aryl methyl sites for hydroxylation is 1. The Morgan fingerprint density at radius 1 is 1.00 bits per heavy atom. The molecule has 0 aliphatic rings. The third kappa shape index (κ3) is 7.47. The van der Waals surface area contributed by atoms with E-state index < -0.39 is 5.97 Å². The van der Waals surface area contributed by atoms with E-state index in [0.717, 1.165) is 15.7 Å². The molecule has 0 spiro atoms. The molecule has 0 atom stereocenters. The molecule has 0 radical (unpaired) electrons. The highest BCUT2D eigenvalue weighted by atomic mass is 79.9. The molecule has 0 aromatic heterocycles. The largest absolute Gasteiger partial charge is 0.490 e. The summed E-state index contributed by atoms with van der Waals surface area (Å²) in [6.07, 6.45) is 1.49. The molecule has 0 unspecified atom stereocenters. The molecule has 0 heterocycles. The molecule has 2 N–H and O–H groups in total. The number of ether oxygens (including phenoxy) is 2. The van der Waals surface area contributed by atoms with Gasteiger partial charge >= 0.3 is 5.97 Å². The Morgan fingerprint density at radius 2 is 1.73 bits per heavy atom. The zero-order valence-electron chi connectivity index (χ0n) is 18.3. The maximum Gasteiger partial charge on any atom is 0.343 e. The fraction of sp³-hybridized carbons (Fsp3) is 0.160. The second-order valence-corrected chi connectivity index (χ2v) is 7.96. The van der Waals surface area contributed by atoms with Crippen LogP contribution in [0.15, 0.2) is 76.3 Å². The van der Waals surface area contributed by atoms with Crippen LogP contribution in [0.25, 0.3) is 0 Å². The van der Waals surface area contributed by atoms with E-state index in [4.69, 9.17) is 9.47 Å². The van der Waals surface area contributed by atoms with Crippen LogP contribution < -0.4 is 20.2 Å². The number of esters is 1. The van der Waals surface area contributed by atoms with Gasteiger partial charge in [0, 0.05) is 10.2 Å². The van der Waals surface area contributed by atoms with Crippen molar-refractivity contribution in [3.05, 3.63) is 87.9 Å². The normalized spacial score (nSPS) is 10.6. The first kappa shape index (κ1) is 24.0. The van der Waals surface area contributed by atoms with Crippen molar-refractivity contribution in [2.45, 2.75) is 13.8 Å². The molecule has 3 rings (SSSR count). The lowest BCUT2D eigenvalue weighted by Gasteiger charge is -2.11. The Labute approximate surface area is 200 Å². The van der Waals surface area contributed by atoms with Gasteiger partial charge in [-0.15, -0.1) is 0 Å². The Bertz CT molecular complexity index is 1130. The summed E-state index contributed by atoms with van der Waals surface area (Å²) in [5, 5.41) is 7.01. The van der Waals surface area contributed by atoms with Crippen molar-refractivity contribution in [1.82, 2.24) is 5.43 Å². The summed E-state index contributed by atoms with van der Waals surface area (Å²) in [5.74, 6) is -0.0670. The van der Waals surface area contributed by atoms with Gasteiger partial charge in [0.1, 0.15) is 0 Å². The van der Waals surface area contributed by atoms with Gasteiger partial charge in [-0.1, -0.05) is 33.6 Å². The minimum atomic E-state index is -0.488. The van der Waals surface area contributed by atoms with Crippen LogP contribution >= 0.6 is 15.9 Å². The average Bonchev–Trinajstić information content (AvgIpc) is 2.81. The molecule has 0 saturated heterocycles. The number of carbonyl (C=O) groups is 2. The summed E-state index contributed by atoms with van der Waals surface area (Å²) in [5.41, 5.74) is 5.58. The summed E-state index contributed by atoms with van der Waals surface area (Å²) < 4.78 is 12.0. The third-order valence-corrected chi connectivity index (χ3v) is 4.99. The molecular formula is C25H24BrN3O4. The summed E-state index contributed by atoms with van der Waals surface area (Å²) >= 11 is 3.34. The van der Waals surface area contributed by atoms with Crippen LogP contribution in [-0.2, 0) is 4.79 Å². The van der Waals surface area contributed by atoms with E-state index in [-0.39, 0.29) is 12.5 Å². The molecule has 7 nitrogen and oxygen atoms in total. The number of nitrogens with zero attached hydrogens (tertiary/aromatic N) is 1. The smallest absolute Gasteiger partial charge is 0.343 e. The van der Waals surface area contributed by atoms with Crippen LogP contribution in [0.1, 0.15) is 28.4 Å². The fourth-order valence-electron chi connectivity index (χ4n) is 2.77. The van der Waals surface area contributed by atoms with Gasteiger partial charge in [-0.2, -0.15) is 5.10 Å². The Morgan fingerprint density at radius 3 is 2.42 bits per heavy atom. The van der Waals surface area contributed by atoms with E-state index in [1.165, 1.54) is 6.21 Å². The van der Waals surface area contributed by atoms with Gasteiger partial charge in [0.2, 0.25) is 0 Å². The van der Waals surface area contributed by atoms with Gasteiger partial charge < -0.3 is 14.8 Å². The number of hydrazone groups is 1. The Hall–Kier alpha value is -3.65. The number of hydrogen-bond acceptors (Lipinski definition) is 6. The number of hydrogen-bond donors (Lipinski definition) is 2. The molecule has 8 heteroatoms. The zero-order valence-corrected chi connectivity index (χ0v) is 19.9. The first-order chi connectivity index (χ1) is 15.9. The van der Waals surface area contributed by atoms with E-state index in [0.29, 0.717) is 29.2 Å². The van der Waals surface area contributed by atoms with E-state index in [1.54, 1.807) is 42.5 Å². The van der Waals surface area contributed by atoms with Crippen molar-refractivity contribution < 1.29 is 19.1 Å². The second kappa shape index (κ2) is 11.8. The highest BCUT2D eigenvalue weighted by molar-refractivity contribution is 9.10. The lowest BCUT2D eigenvalue weighted by atomic mass is 10.2. The highest BCUT2D eigenvalue weighted by Crippen LogP contribution is 2.29. The summed E-state index contributed by atoms with van der Waals surface area (Å²) in [6, 6.07) is 19.7. The Kier molecular flexibility index (Phi) is 8.60. The summed E-state index contributed by atoms with van der Waals surface area (Å²) in [6.45, 7) is 4.32. The first-order valence-corrected chi connectivity index (χ1v) is 11.1. The van der Waals surface area contributed by atoms with Crippen molar-refractivity contribution >= 4 is 39.7 Å². The van der Waals surface area contributed by atoms with E-state index in [2.05, 4.69) is 31.8 Å². The van der Waals surface area contributed by atoms with Crippen molar-refractivity contribution in [3.8, 4) is 11.5 Å². The summed E-state index contributed by atoms with van der Waals surface area (Å²) in [7, 11) is 0. The first-order valence-electron chi connectivity index (χ1n) is 10.3. The van der Waals surface area contributed by atoms with Crippen LogP contribution in [0.2, 0.25) is 0 Å². The minimum absolute atomic E-state index is 0.0928. The number of nitrogens with one attached hydrogen (secondary N) is 2. The minimum Gasteiger partial charge on any atom is -0.490 e. The number of amides is 1. The van der Waals surface area contributed by atoms with Crippen molar-refractivity contribution in [3.63, 3.8) is 0 Å². The topological polar surface area (TPSA) is 89.0 Å². The predicted octanol–water partition coefficient (Wildman–Crippen LogP) is 4.94. The molecule has 0 saturated carbocycles. The summed E-state index contributed by atoms with van der Waals surface area (Å²) in [4.78, 5) is 24.4. The SMILES string of the molecule is CCOc1cc(C=NNC(=O)CNc2ccc(C)cc2)ccc1OC(=O)c1ccc(Br)cc1. The fourth-order valence-corrected chi connectivity index (χ4v) is 3.04. The van der Waals surface area contributed by atoms with Crippen molar-refractivity contribution in [2.24, 2.45) is 5.10 Å². The molecule has 3 aromatic rings. The van der Waals surface area contributed by atoms with Crippen molar-refractivity contribution in [2.75, 3.05) is 18.5 Å². The van der Waals surface area contributed by atoms with E-state index in [1.807, 2.05) is 38.1 Å². The quantitative estimate of drug-likeness (QED) is 0.184. The van der Waals surface area contributed by atoms with Gasteiger partial charge in [0.05, 0.1) is 24.9 Å². The number of anilines is 1. The molecule has 0 fully saturated rings. The van der Waals surface area contributed by atoms with Gasteiger partial charge in [0.25, 0.3) is 5.91 Å². The van der Waals surface area contributed by atoms with Gasteiger partial charge in [0.15, 0.2) is 11.5 Å². The van der Waals surface area contributed by atoms with Crippen LogP contribution in [0, 0.1) is 6.92 Å². The molecule has 33 heavy (non-hydrogen) atoms. The van der Waals surface area contributed by atoms with E-state index >= 15 is 0 Å². The maximum atomic E-state index is 12.4.